The molecule has 0 spiro atoms. The Morgan fingerprint density at radius 1 is 0.240 bits per heavy atom. The number of phosphoric acid groups is 2. The van der Waals surface area contributed by atoms with Gasteiger partial charge in [-0.25, -0.2) is 9.13 Å². The van der Waals surface area contributed by atoms with E-state index in [2.05, 4.69) is 27.7 Å². The van der Waals surface area contributed by atoms with Crippen LogP contribution in [0.15, 0.2) is 0 Å². The molecule has 0 heterocycles. The van der Waals surface area contributed by atoms with Crippen LogP contribution in [0.5, 0.6) is 0 Å². The first-order valence-electron chi connectivity index (χ1n) is 42.3. The number of ether oxygens (including phenoxy) is 4. The fourth-order valence-corrected chi connectivity index (χ4v) is 14.2. The van der Waals surface area contributed by atoms with Crippen molar-refractivity contribution in [2.75, 3.05) is 39.6 Å². The summed E-state index contributed by atoms with van der Waals surface area (Å²) in [7, 11) is -9.91. The highest BCUT2D eigenvalue weighted by atomic mass is 31.2. The molecule has 0 aliphatic heterocycles. The molecule has 0 aromatic carbocycles. The maximum atomic E-state index is 13.1. The number of aliphatic hydroxyl groups excluding tert-OH is 1. The first kappa shape index (κ1) is 98.1. The Hall–Kier alpha value is -1.94. The van der Waals surface area contributed by atoms with E-state index in [9.17, 15) is 43.2 Å². The lowest BCUT2D eigenvalue weighted by molar-refractivity contribution is -0.161. The molecule has 0 rings (SSSR count). The van der Waals surface area contributed by atoms with Crippen molar-refractivity contribution >= 4 is 39.5 Å². The molecule has 0 saturated heterocycles. The molecule has 0 aromatic heterocycles. The van der Waals surface area contributed by atoms with E-state index in [-0.39, 0.29) is 25.7 Å². The zero-order valence-corrected chi connectivity index (χ0v) is 67.0. The summed E-state index contributed by atoms with van der Waals surface area (Å²) in [6, 6.07) is 0. The highest BCUT2D eigenvalue weighted by Gasteiger charge is 2.30. The first-order chi connectivity index (χ1) is 48.7. The fraction of sp³-hybridized carbons (Fsp3) is 0.951. The number of aliphatic hydroxyl groups is 1. The highest BCUT2D eigenvalue weighted by Crippen LogP contribution is 2.45. The van der Waals surface area contributed by atoms with Crippen molar-refractivity contribution in [3.63, 3.8) is 0 Å². The van der Waals surface area contributed by atoms with Gasteiger partial charge in [0.1, 0.15) is 19.3 Å². The van der Waals surface area contributed by atoms with E-state index in [4.69, 9.17) is 37.0 Å². The lowest BCUT2D eigenvalue weighted by Gasteiger charge is -2.21. The fourth-order valence-electron chi connectivity index (χ4n) is 12.6. The summed E-state index contributed by atoms with van der Waals surface area (Å²) >= 11 is 0. The zero-order valence-electron chi connectivity index (χ0n) is 65.2. The van der Waals surface area contributed by atoms with Crippen molar-refractivity contribution < 1.29 is 80.2 Å². The Bertz CT molecular complexity index is 1890. The third-order valence-corrected chi connectivity index (χ3v) is 21.0. The summed E-state index contributed by atoms with van der Waals surface area (Å²) in [5, 5.41) is 10.6. The Labute approximate surface area is 613 Å². The number of carbonyl (C=O) groups excluding carboxylic acids is 4. The molecule has 0 radical (unpaired) electrons. The van der Waals surface area contributed by atoms with E-state index in [1.807, 2.05) is 0 Å². The lowest BCUT2D eigenvalue weighted by Crippen LogP contribution is -2.30. The molecule has 0 saturated carbocycles. The van der Waals surface area contributed by atoms with Gasteiger partial charge in [-0.1, -0.05) is 387 Å². The van der Waals surface area contributed by atoms with Gasteiger partial charge in [0.15, 0.2) is 12.2 Å². The van der Waals surface area contributed by atoms with Gasteiger partial charge in [0.05, 0.1) is 26.4 Å². The predicted octanol–water partition coefficient (Wildman–Crippen LogP) is 24.6. The van der Waals surface area contributed by atoms with Gasteiger partial charge in [-0.3, -0.25) is 37.3 Å². The molecule has 0 amide bonds. The van der Waals surface area contributed by atoms with Gasteiger partial charge in [0.25, 0.3) is 0 Å². The smallest absolute Gasteiger partial charge is 0.462 e. The van der Waals surface area contributed by atoms with Crippen LogP contribution in [0.25, 0.3) is 0 Å². The van der Waals surface area contributed by atoms with Crippen LogP contribution in [-0.2, 0) is 65.4 Å². The number of phosphoric ester groups is 2. The molecule has 594 valence electrons. The molecule has 17 nitrogen and oxygen atoms in total. The monoisotopic (exact) mass is 1470 g/mol. The van der Waals surface area contributed by atoms with Gasteiger partial charge >= 0.3 is 39.5 Å². The third kappa shape index (κ3) is 74.3. The molecule has 2 unspecified atom stereocenters. The molecular formula is C81H158O17P2. The van der Waals surface area contributed by atoms with Gasteiger partial charge in [-0.05, 0) is 25.7 Å². The van der Waals surface area contributed by atoms with Crippen molar-refractivity contribution in [3.8, 4) is 0 Å². The van der Waals surface area contributed by atoms with E-state index in [1.165, 1.54) is 263 Å². The number of carbonyl (C=O) groups is 4. The van der Waals surface area contributed by atoms with Gasteiger partial charge in [-0.15, -0.1) is 0 Å². The third-order valence-electron chi connectivity index (χ3n) is 19.1. The summed E-state index contributed by atoms with van der Waals surface area (Å²) in [6.45, 7) is 4.93. The predicted molar refractivity (Wildman–Crippen MR) is 409 cm³/mol. The van der Waals surface area contributed by atoms with Gasteiger partial charge in [-0.2, -0.15) is 0 Å². The summed E-state index contributed by atoms with van der Waals surface area (Å²) in [6.07, 6.45) is 68.6. The first-order valence-corrected chi connectivity index (χ1v) is 45.3. The highest BCUT2D eigenvalue weighted by molar-refractivity contribution is 7.47. The lowest BCUT2D eigenvalue weighted by atomic mass is 10.0. The molecule has 0 aliphatic carbocycles. The normalized spacial score (nSPS) is 13.8. The van der Waals surface area contributed by atoms with Gasteiger partial charge in [0, 0.05) is 25.7 Å². The van der Waals surface area contributed by atoms with E-state index in [1.54, 1.807) is 0 Å². The van der Waals surface area contributed by atoms with Crippen molar-refractivity contribution in [3.05, 3.63) is 0 Å². The molecule has 0 fully saturated rings. The minimum absolute atomic E-state index is 0.108. The second-order valence-corrected chi connectivity index (χ2v) is 32.1. The number of esters is 4. The molecule has 0 aromatic rings. The van der Waals surface area contributed by atoms with Crippen LogP contribution < -0.4 is 0 Å². The van der Waals surface area contributed by atoms with E-state index in [0.717, 1.165) is 96.3 Å². The maximum absolute atomic E-state index is 13.1. The van der Waals surface area contributed by atoms with Gasteiger partial charge in [0.2, 0.25) is 0 Å². The number of hydrogen-bond donors (Lipinski definition) is 3. The van der Waals surface area contributed by atoms with Crippen molar-refractivity contribution in [1.82, 2.24) is 0 Å². The number of unbranched alkanes of at least 4 members (excludes halogenated alkanes) is 56. The molecule has 19 heteroatoms. The molecule has 5 atom stereocenters. The Balaban J connectivity index is 5.10. The topological polar surface area (TPSA) is 237 Å². The number of hydrogen-bond acceptors (Lipinski definition) is 15. The quantitative estimate of drug-likeness (QED) is 0.0222. The van der Waals surface area contributed by atoms with Crippen molar-refractivity contribution in [1.29, 1.82) is 0 Å². The minimum atomic E-state index is -4.96. The van der Waals surface area contributed by atoms with Gasteiger partial charge < -0.3 is 33.8 Å². The molecule has 0 bridgehead atoms. The van der Waals surface area contributed by atoms with E-state index in [0.29, 0.717) is 25.7 Å². The van der Waals surface area contributed by atoms with Crippen molar-refractivity contribution in [2.24, 2.45) is 0 Å². The molecular weight excluding hydrogens is 1310 g/mol. The SMILES string of the molecule is CCCCCCCCCCCCCCCCCCCCCCCCC(=O)O[C@H](COC(=O)CCCCCCCCCCCCCCCCCCCC)COP(=O)(O)OC[C@@H](O)COP(=O)(O)OC[C@@H](COC(=O)CCCCCCC)OC(=O)CCCCCCCCCCCCCCCCC. The summed E-state index contributed by atoms with van der Waals surface area (Å²) in [5.74, 6) is -2.12. The van der Waals surface area contributed by atoms with E-state index >= 15 is 0 Å². The molecule has 0 aliphatic rings. The van der Waals surface area contributed by atoms with Crippen LogP contribution in [0, 0.1) is 0 Å². The van der Waals surface area contributed by atoms with Crippen LogP contribution in [0.3, 0.4) is 0 Å². The van der Waals surface area contributed by atoms with Crippen LogP contribution >= 0.6 is 15.6 Å². The molecule has 100 heavy (non-hydrogen) atoms. The summed E-state index contributed by atoms with van der Waals surface area (Å²) in [5.41, 5.74) is 0. The van der Waals surface area contributed by atoms with Crippen LogP contribution in [-0.4, -0.2) is 96.7 Å². The van der Waals surface area contributed by atoms with Crippen LogP contribution in [0.1, 0.15) is 439 Å². The largest absolute Gasteiger partial charge is 0.472 e. The Morgan fingerprint density at radius 3 is 0.590 bits per heavy atom. The molecule has 3 N–H and O–H groups in total. The maximum Gasteiger partial charge on any atom is 0.472 e. The van der Waals surface area contributed by atoms with E-state index < -0.39 is 97.5 Å². The second-order valence-electron chi connectivity index (χ2n) is 29.2. The minimum Gasteiger partial charge on any atom is -0.462 e. The van der Waals surface area contributed by atoms with Crippen molar-refractivity contribution in [2.45, 2.75) is 457 Å². The van der Waals surface area contributed by atoms with Crippen LogP contribution in [0.2, 0.25) is 0 Å². The summed E-state index contributed by atoms with van der Waals surface area (Å²) < 4.78 is 68.5. The Morgan fingerprint density at radius 2 is 0.400 bits per heavy atom. The standard InChI is InChI=1S/C81H158O17P2/c1-5-9-13-17-20-23-26-29-32-34-36-37-38-39-41-44-47-50-53-56-60-64-68-81(86)98-77(72-92-79(84)66-62-58-54-51-48-45-43-40-35-33-30-27-24-21-18-14-10-6-2)74-96-100(89,90)94-70-75(82)69-93-99(87,88)95-73-76(71-91-78(83)65-61-57-16-12-8-4)97-80(85)67-63-59-55-52-49-46-42-31-28-25-22-19-15-11-7-3/h75-77,82H,5-74H2,1-4H3,(H,87,88)(H,89,90)/t75-,76+,77+/m0/s1. The van der Waals surface area contributed by atoms with Crippen LogP contribution in [0.4, 0.5) is 0 Å². The zero-order chi connectivity index (χ0) is 73.2. The second kappa shape index (κ2) is 75.3. The summed E-state index contributed by atoms with van der Waals surface area (Å²) in [4.78, 5) is 72.7. The Kier molecular flexibility index (Phi) is 73.8. The number of rotatable bonds is 82. The average molecular weight is 1470 g/mol. The average Bonchev–Trinajstić information content (AvgIpc) is 0.921.